The van der Waals surface area contributed by atoms with Gasteiger partial charge in [-0.15, -0.1) is 0 Å². The Balaban J connectivity index is 2.46. The van der Waals surface area contributed by atoms with Crippen LogP contribution in [0.15, 0.2) is 12.4 Å². The molecule has 0 amide bonds. The zero-order valence-corrected chi connectivity index (χ0v) is 8.36. The van der Waals surface area contributed by atoms with Crippen LogP contribution in [0.2, 0.25) is 0 Å². The molecule has 0 saturated carbocycles. The standard InChI is InChI=1S/C9H16N4O/c1-2-14-9-7-11-6-8(13-9)12-5-3-4-10/h6-7H,2-5,10H2,1H3,(H,12,13). The van der Waals surface area contributed by atoms with Gasteiger partial charge in [-0.05, 0) is 19.9 Å². The van der Waals surface area contributed by atoms with Crippen molar-refractivity contribution in [2.24, 2.45) is 5.73 Å². The summed E-state index contributed by atoms with van der Waals surface area (Å²) in [5.41, 5.74) is 5.37. The summed E-state index contributed by atoms with van der Waals surface area (Å²) in [6.07, 6.45) is 4.18. The molecule has 1 aromatic heterocycles. The van der Waals surface area contributed by atoms with Crippen LogP contribution < -0.4 is 15.8 Å². The summed E-state index contributed by atoms with van der Waals surface area (Å²) in [5, 5.41) is 3.11. The van der Waals surface area contributed by atoms with Crippen LogP contribution in [0.4, 0.5) is 5.82 Å². The van der Waals surface area contributed by atoms with Gasteiger partial charge in [0, 0.05) is 6.54 Å². The normalized spacial score (nSPS) is 9.86. The molecule has 0 saturated heterocycles. The first-order chi connectivity index (χ1) is 6.86. The van der Waals surface area contributed by atoms with Gasteiger partial charge in [0.25, 0.3) is 0 Å². The summed E-state index contributed by atoms with van der Waals surface area (Å²) in [7, 11) is 0. The maximum absolute atomic E-state index is 5.37. The first-order valence-corrected chi connectivity index (χ1v) is 4.75. The average Bonchev–Trinajstić information content (AvgIpc) is 2.19. The van der Waals surface area contributed by atoms with Crippen molar-refractivity contribution >= 4 is 5.82 Å². The van der Waals surface area contributed by atoms with Gasteiger partial charge in [0.05, 0.1) is 19.0 Å². The maximum atomic E-state index is 5.37. The molecule has 0 aliphatic rings. The van der Waals surface area contributed by atoms with Crippen molar-refractivity contribution in [1.29, 1.82) is 0 Å². The Kier molecular flexibility index (Phi) is 4.71. The first kappa shape index (κ1) is 10.7. The van der Waals surface area contributed by atoms with E-state index in [1.807, 2.05) is 6.92 Å². The number of nitrogens with two attached hydrogens (primary N) is 1. The van der Waals surface area contributed by atoms with E-state index < -0.39 is 0 Å². The number of hydrogen-bond acceptors (Lipinski definition) is 5. The number of anilines is 1. The van der Waals surface area contributed by atoms with Crippen molar-refractivity contribution in [3.63, 3.8) is 0 Å². The predicted molar refractivity (Wildman–Crippen MR) is 55.4 cm³/mol. The Hall–Kier alpha value is -1.36. The summed E-state index contributed by atoms with van der Waals surface area (Å²) in [4.78, 5) is 8.20. The van der Waals surface area contributed by atoms with Crippen LogP contribution in [0, 0.1) is 0 Å². The fourth-order valence-corrected chi connectivity index (χ4v) is 0.969. The predicted octanol–water partition coefficient (Wildman–Crippen LogP) is 0.636. The van der Waals surface area contributed by atoms with E-state index in [0.29, 0.717) is 19.0 Å². The minimum atomic E-state index is 0.547. The third-order valence-electron chi connectivity index (χ3n) is 1.59. The molecule has 0 spiro atoms. The van der Waals surface area contributed by atoms with Gasteiger partial charge in [-0.25, -0.2) is 0 Å². The summed E-state index contributed by atoms with van der Waals surface area (Å²) in [5.74, 6) is 1.27. The lowest BCUT2D eigenvalue weighted by Gasteiger charge is -2.05. The zero-order chi connectivity index (χ0) is 10.2. The molecular weight excluding hydrogens is 180 g/mol. The second-order valence-corrected chi connectivity index (χ2v) is 2.74. The molecule has 1 aromatic rings. The average molecular weight is 196 g/mol. The van der Waals surface area contributed by atoms with Crippen molar-refractivity contribution in [1.82, 2.24) is 9.97 Å². The largest absolute Gasteiger partial charge is 0.477 e. The van der Waals surface area contributed by atoms with E-state index in [1.54, 1.807) is 12.4 Å². The molecule has 1 rings (SSSR count). The van der Waals surface area contributed by atoms with Crippen molar-refractivity contribution in [3.05, 3.63) is 12.4 Å². The number of rotatable bonds is 6. The smallest absolute Gasteiger partial charge is 0.234 e. The molecule has 0 unspecified atom stereocenters. The summed E-state index contributed by atoms with van der Waals surface area (Å²) < 4.78 is 5.21. The summed E-state index contributed by atoms with van der Waals surface area (Å²) >= 11 is 0. The van der Waals surface area contributed by atoms with Gasteiger partial charge in [0.15, 0.2) is 0 Å². The molecule has 5 heteroatoms. The fraction of sp³-hybridized carbons (Fsp3) is 0.556. The third kappa shape index (κ3) is 3.57. The quantitative estimate of drug-likeness (QED) is 0.653. The minimum Gasteiger partial charge on any atom is -0.477 e. The first-order valence-electron chi connectivity index (χ1n) is 4.75. The maximum Gasteiger partial charge on any atom is 0.234 e. The van der Waals surface area contributed by atoms with Gasteiger partial charge >= 0.3 is 0 Å². The van der Waals surface area contributed by atoms with E-state index in [-0.39, 0.29) is 0 Å². The molecule has 1 heterocycles. The summed E-state index contributed by atoms with van der Waals surface area (Å²) in [6, 6.07) is 0. The molecular formula is C9H16N4O. The van der Waals surface area contributed by atoms with Crippen LogP contribution in [0.1, 0.15) is 13.3 Å². The Labute approximate surface area is 83.7 Å². The Morgan fingerprint density at radius 1 is 1.50 bits per heavy atom. The van der Waals surface area contributed by atoms with Crippen LogP contribution in [0.5, 0.6) is 5.88 Å². The Morgan fingerprint density at radius 3 is 3.07 bits per heavy atom. The van der Waals surface area contributed by atoms with E-state index in [0.717, 1.165) is 18.8 Å². The van der Waals surface area contributed by atoms with Gasteiger partial charge in [0.1, 0.15) is 5.82 Å². The monoisotopic (exact) mass is 196 g/mol. The lowest BCUT2D eigenvalue weighted by Crippen LogP contribution is -2.09. The van der Waals surface area contributed by atoms with Crippen LogP contribution in [-0.4, -0.2) is 29.7 Å². The van der Waals surface area contributed by atoms with Gasteiger partial charge in [-0.1, -0.05) is 0 Å². The highest BCUT2D eigenvalue weighted by atomic mass is 16.5. The molecule has 0 radical (unpaired) electrons. The van der Waals surface area contributed by atoms with Crippen molar-refractivity contribution in [2.45, 2.75) is 13.3 Å². The second-order valence-electron chi connectivity index (χ2n) is 2.74. The van der Waals surface area contributed by atoms with Gasteiger partial charge in [0.2, 0.25) is 5.88 Å². The topological polar surface area (TPSA) is 73.1 Å². The number of aromatic nitrogens is 2. The number of ether oxygens (including phenoxy) is 1. The Morgan fingerprint density at radius 2 is 2.36 bits per heavy atom. The zero-order valence-electron chi connectivity index (χ0n) is 8.36. The van der Waals surface area contributed by atoms with E-state index in [2.05, 4.69) is 15.3 Å². The lowest BCUT2D eigenvalue weighted by molar-refractivity contribution is 0.325. The molecule has 78 valence electrons. The number of nitrogens with zero attached hydrogens (tertiary/aromatic N) is 2. The SMILES string of the molecule is CCOc1cncc(NCCCN)n1. The highest BCUT2D eigenvalue weighted by Crippen LogP contribution is 2.08. The van der Waals surface area contributed by atoms with Gasteiger partial charge in [-0.3, -0.25) is 4.98 Å². The highest BCUT2D eigenvalue weighted by molar-refractivity contribution is 5.32. The van der Waals surface area contributed by atoms with E-state index in [1.165, 1.54) is 0 Å². The van der Waals surface area contributed by atoms with Crippen molar-refractivity contribution in [3.8, 4) is 5.88 Å². The van der Waals surface area contributed by atoms with E-state index >= 15 is 0 Å². The molecule has 0 bridgehead atoms. The fourth-order valence-electron chi connectivity index (χ4n) is 0.969. The van der Waals surface area contributed by atoms with E-state index in [9.17, 15) is 0 Å². The molecule has 0 aromatic carbocycles. The lowest BCUT2D eigenvalue weighted by atomic mass is 10.4. The Bertz CT molecular complexity index is 267. The number of hydrogen-bond donors (Lipinski definition) is 2. The molecule has 5 nitrogen and oxygen atoms in total. The molecule has 3 N–H and O–H groups in total. The highest BCUT2D eigenvalue weighted by Gasteiger charge is 1.97. The molecule has 0 aliphatic carbocycles. The molecule has 0 atom stereocenters. The van der Waals surface area contributed by atoms with Crippen molar-refractivity contribution < 1.29 is 4.74 Å². The molecule has 0 fully saturated rings. The third-order valence-corrected chi connectivity index (χ3v) is 1.59. The second kappa shape index (κ2) is 6.15. The van der Waals surface area contributed by atoms with Gasteiger partial charge in [-0.2, -0.15) is 4.98 Å². The van der Waals surface area contributed by atoms with Crippen LogP contribution in [0.3, 0.4) is 0 Å². The van der Waals surface area contributed by atoms with Gasteiger partial charge < -0.3 is 15.8 Å². The number of nitrogens with one attached hydrogen (secondary N) is 1. The summed E-state index contributed by atoms with van der Waals surface area (Å²) in [6.45, 7) is 3.99. The van der Waals surface area contributed by atoms with Crippen molar-refractivity contribution in [2.75, 3.05) is 25.0 Å². The molecule has 14 heavy (non-hydrogen) atoms. The van der Waals surface area contributed by atoms with E-state index in [4.69, 9.17) is 10.5 Å². The molecule has 0 aliphatic heterocycles. The van der Waals surface area contributed by atoms with Crippen LogP contribution >= 0.6 is 0 Å². The minimum absolute atomic E-state index is 0.547. The van der Waals surface area contributed by atoms with Crippen LogP contribution in [0.25, 0.3) is 0 Å². The van der Waals surface area contributed by atoms with Crippen LogP contribution in [-0.2, 0) is 0 Å².